The molecule has 57 valence electrons. The molecule has 1 unspecified atom stereocenters. The van der Waals surface area contributed by atoms with Crippen molar-refractivity contribution in [2.24, 2.45) is 0 Å². The highest BCUT2D eigenvalue weighted by Gasteiger charge is 2.26. The van der Waals surface area contributed by atoms with Gasteiger partial charge < -0.3 is 0 Å². The van der Waals surface area contributed by atoms with E-state index in [1.54, 1.807) is 6.54 Å². The molecule has 0 aromatic rings. The van der Waals surface area contributed by atoms with Gasteiger partial charge in [0.15, 0.2) is 0 Å². The second-order valence-electron chi connectivity index (χ2n) is 2.62. The molecule has 0 aromatic carbocycles. The molecule has 1 radical (unpaired) electrons. The van der Waals surface area contributed by atoms with Crippen LogP contribution in [-0.2, 0) is 0 Å². The molecule has 1 saturated heterocycles. The summed E-state index contributed by atoms with van der Waals surface area (Å²) in [5.74, 6) is 0. The zero-order valence-corrected chi connectivity index (χ0v) is 5.99. The second kappa shape index (κ2) is 2.96. The Kier molecular flexibility index (Phi) is 2.21. The molecule has 0 bridgehead atoms. The maximum Gasteiger partial charge on any atom is 0.230 e. The number of hydrogen-bond acceptors (Lipinski definition) is 3. The standard InChI is InChI=1S/C6H11N2O2/c1-7-4-2-3-6(5-7)8(9)10/h5-6H,2-4H2,1H3. The van der Waals surface area contributed by atoms with E-state index in [4.69, 9.17) is 0 Å². The number of piperidine rings is 1. The summed E-state index contributed by atoms with van der Waals surface area (Å²) in [6.07, 6.45) is 1.62. The Labute approximate surface area is 60.0 Å². The van der Waals surface area contributed by atoms with Crippen LogP contribution in [0.2, 0.25) is 0 Å². The van der Waals surface area contributed by atoms with Gasteiger partial charge in [-0.25, -0.2) is 0 Å². The zero-order valence-electron chi connectivity index (χ0n) is 5.99. The molecular weight excluding hydrogens is 132 g/mol. The number of likely N-dealkylation sites (N-methyl/N-ethyl adjacent to an activating group) is 1. The summed E-state index contributed by atoms with van der Waals surface area (Å²) in [6.45, 7) is 2.63. The largest absolute Gasteiger partial charge is 0.296 e. The molecule has 0 aliphatic carbocycles. The highest BCUT2D eigenvalue weighted by molar-refractivity contribution is 4.80. The molecule has 1 rings (SSSR count). The highest BCUT2D eigenvalue weighted by atomic mass is 16.6. The Hall–Kier alpha value is -0.640. The molecular formula is C6H11N2O2. The van der Waals surface area contributed by atoms with E-state index in [0.717, 1.165) is 13.0 Å². The predicted octanol–water partition coefficient (Wildman–Crippen LogP) is 0.519. The monoisotopic (exact) mass is 143 g/mol. The van der Waals surface area contributed by atoms with Gasteiger partial charge in [-0.3, -0.25) is 15.0 Å². The molecule has 0 saturated carbocycles. The zero-order chi connectivity index (χ0) is 7.56. The van der Waals surface area contributed by atoms with Crippen LogP contribution in [0.4, 0.5) is 0 Å². The van der Waals surface area contributed by atoms with Gasteiger partial charge in [0.2, 0.25) is 6.04 Å². The quantitative estimate of drug-likeness (QED) is 0.397. The van der Waals surface area contributed by atoms with Crippen LogP contribution in [0.5, 0.6) is 0 Å². The molecule has 10 heavy (non-hydrogen) atoms. The van der Waals surface area contributed by atoms with Crippen LogP contribution in [0.3, 0.4) is 0 Å². The molecule has 1 aliphatic heterocycles. The van der Waals surface area contributed by atoms with E-state index in [1.165, 1.54) is 0 Å². The Morgan fingerprint density at radius 3 is 2.90 bits per heavy atom. The third-order valence-corrected chi connectivity index (χ3v) is 1.71. The van der Waals surface area contributed by atoms with E-state index in [1.807, 2.05) is 11.9 Å². The first kappa shape index (κ1) is 7.47. The first-order valence-corrected chi connectivity index (χ1v) is 3.39. The first-order chi connectivity index (χ1) is 4.70. The van der Waals surface area contributed by atoms with E-state index < -0.39 is 6.04 Å². The van der Waals surface area contributed by atoms with Crippen molar-refractivity contribution in [1.82, 2.24) is 4.90 Å². The predicted molar refractivity (Wildman–Crippen MR) is 36.9 cm³/mol. The van der Waals surface area contributed by atoms with Gasteiger partial charge >= 0.3 is 0 Å². The lowest BCUT2D eigenvalue weighted by Crippen LogP contribution is -2.35. The maximum atomic E-state index is 10.2. The average Bonchev–Trinajstić information content (AvgIpc) is 1.88. The van der Waals surface area contributed by atoms with Crippen LogP contribution in [0.15, 0.2) is 0 Å². The number of likely N-dealkylation sites (tertiary alicyclic amines) is 1. The van der Waals surface area contributed by atoms with E-state index >= 15 is 0 Å². The number of hydrogen-bond donors (Lipinski definition) is 0. The van der Waals surface area contributed by atoms with Gasteiger partial charge in [-0.2, -0.15) is 0 Å². The molecule has 1 atom stereocenters. The smallest absolute Gasteiger partial charge is 0.230 e. The molecule has 0 amide bonds. The number of nitrogens with zero attached hydrogens (tertiary/aromatic N) is 2. The molecule has 1 heterocycles. The molecule has 0 N–H and O–H groups in total. The van der Waals surface area contributed by atoms with Crippen molar-refractivity contribution in [3.8, 4) is 0 Å². The summed E-state index contributed by atoms with van der Waals surface area (Å²) in [6, 6.07) is -0.446. The Bertz CT molecular complexity index is 138. The SMILES string of the molecule is CN1[CH]C([N+](=O)[O-])CCC1. The molecule has 4 nitrogen and oxygen atoms in total. The Morgan fingerprint density at radius 2 is 2.50 bits per heavy atom. The van der Waals surface area contributed by atoms with Crippen LogP contribution >= 0.6 is 0 Å². The van der Waals surface area contributed by atoms with Crippen LogP contribution in [0.1, 0.15) is 12.8 Å². The van der Waals surface area contributed by atoms with Crippen molar-refractivity contribution in [2.75, 3.05) is 13.6 Å². The topological polar surface area (TPSA) is 46.4 Å². The third kappa shape index (κ3) is 1.67. The third-order valence-electron chi connectivity index (χ3n) is 1.71. The second-order valence-corrected chi connectivity index (χ2v) is 2.62. The van der Waals surface area contributed by atoms with Gasteiger partial charge in [0, 0.05) is 11.3 Å². The lowest BCUT2D eigenvalue weighted by Gasteiger charge is -2.23. The Morgan fingerprint density at radius 1 is 1.80 bits per heavy atom. The minimum absolute atomic E-state index is 0.227. The summed E-state index contributed by atoms with van der Waals surface area (Å²) in [5.41, 5.74) is 0. The van der Waals surface area contributed by atoms with Gasteiger partial charge in [-0.1, -0.05) is 0 Å². The minimum Gasteiger partial charge on any atom is -0.296 e. The maximum absolute atomic E-state index is 10.2. The Balaban J connectivity index is 2.39. The fourth-order valence-corrected chi connectivity index (χ4v) is 1.15. The van der Waals surface area contributed by atoms with Crippen LogP contribution in [0, 0.1) is 16.7 Å². The van der Waals surface area contributed by atoms with Crippen LogP contribution in [0.25, 0.3) is 0 Å². The summed E-state index contributed by atoms with van der Waals surface area (Å²) < 4.78 is 0. The lowest BCUT2D eigenvalue weighted by atomic mass is 10.1. The fourth-order valence-electron chi connectivity index (χ4n) is 1.15. The molecule has 1 fully saturated rings. The minimum atomic E-state index is -0.446. The van der Waals surface area contributed by atoms with Gasteiger partial charge in [0.1, 0.15) is 0 Å². The van der Waals surface area contributed by atoms with Crippen LogP contribution < -0.4 is 0 Å². The van der Waals surface area contributed by atoms with Crippen molar-refractivity contribution < 1.29 is 4.92 Å². The van der Waals surface area contributed by atoms with Gasteiger partial charge in [-0.05, 0) is 20.0 Å². The number of rotatable bonds is 1. The van der Waals surface area contributed by atoms with E-state index in [-0.39, 0.29) is 4.92 Å². The van der Waals surface area contributed by atoms with Crippen LogP contribution in [-0.4, -0.2) is 29.5 Å². The molecule has 4 heteroatoms. The number of nitro groups is 1. The van der Waals surface area contributed by atoms with Crippen molar-refractivity contribution in [3.05, 3.63) is 16.7 Å². The van der Waals surface area contributed by atoms with Gasteiger partial charge in [0.25, 0.3) is 0 Å². The molecule has 1 aliphatic rings. The first-order valence-electron chi connectivity index (χ1n) is 3.39. The van der Waals surface area contributed by atoms with Crippen molar-refractivity contribution in [3.63, 3.8) is 0 Å². The van der Waals surface area contributed by atoms with E-state index in [9.17, 15) is 10.1 Å². The highest BCUT2D eigenvalue weighted by Crippen LogP contribution is 2.13. The van der Waals surface area contributed by atoms with Gasteiger partial charge in [-0.15, -0.1) is 0 Å². The lowest BCUT2D eigenvalue weighted by molar-refractivity contribution is -0.518. The summed E-state index contributed by atoms with van der Waals surface area (Å²) in [7, 11) is 1.87. The van der Waals surface area contributed by atoms with Crippen molar-refractivity contribution in [2.45, 2.75) is 18.9 Å². The summed E-state index contributed by atoms with van der Waals surface area (Å²) >= 11 is 0. The summed E-state index contributed by atoms with van der Waals surface area (Å²) in [5, 5.41) is 10.2. The molecule has 0 spiro atoms. The van der Waals surface area contributed by atoms with E-state index in [0.29, 0.717) is 6.42 Å². The van der Waals surface area contributed by atoms with Gasteiger partial charge in [0.05, 0.1) is 6.54 Å². The average molecular weight is 143 g/mol. The molecule has 0 aromatic heterocycles. The fraction of sp³-hybridized carbons (Fsp3) is 0.833. The van der Waals surface area contributed by atoms with E-state index in [2.05, 4.69) is 0 Å². The summed E-state index contributed by atoms with van der Waals surface area (Å²) in [4.78, 5) is 11.9. The van der Waals surface area contributed by atoms with Crippen molar-refractivity contribution >= 4 is 0 Å². The van der Waals surface area contributed by atoms with Crippen molar-refractivity contribution in [1.29, 1.82) is 0 Å². The normalized spacial score (nSPS) is 28.3.